The number of amides is 2. The second-order valence-electron chi connectivity index (χ2n) is 3.28. The lowest BCUT2D eigenvalue weighted by Crippen LogP contribution is -2.38. The summed E-state index contributed by atoms with van der Waals surface area (Å²) in [6.45, 7) is 3.25. The molecular formula is C10H16N2O2. The molecule has 0 bridgehead atoms. The fraction of sp³-hybridized carbons (Fsp3) is 0.500. The largest absolute Gasteiger partial charge is 0.472 e. The number of rotatable bonds is 3. The van der Waals surface area contributed by atoms with Crippen LogP contribution in [0.2, 0.25) is 0 Å². The third-order valence-corrected chi connectivity index (χ3v) is 2.13. The maximum atomic E-state index is 11.6. The molecule has 78 valence electrons. The molecule has 1 heterocycles. The molecule has 0 aromatic carbocycles. The van der Waals surface area contributed by atoms with E-state index in [1.165, 1.54) is 0 Å². The average molecular weight is 196 g/mol. The van der Waals surface area contributed by atoms with E-state index >= 15 is 0 Å². The predicted octanol–water partition coefficient (Wildman–Crippen LogP) is 1.78. The molecule has 1 aromatic rings. The summed E-state index contributed by atoms with van der Waals surface area (Å²) in [4.78, 5) is 14.9. The molecule has 4 heteroatoms. The number of furan rings is 1. The van der Waals surface area contributed by atoms with Gasteiger partial charge in [0.2, 0.25) is 0 Å². The number of carbonyl (C=O) groups excluding carboxylic acids is 1. The Morgan fingerprint density at radius 3 is 2.64 bits per heavy atom. The van der Waals surface area contributed by atoms with Crippen molar-refractivity contribution in [2.45, 2.75) is 13.5 Å². The summed E-state index contributed by atoms with van der Waals surface area (Å²) >= 11 is 0. The van der Waals surface area contributed by atoms with Crippen molar-refractivity contribution in [1.29, 1.82) is 0 Å². The van der Waals surface area contributed by atoms with Gasteiger partial charge in [0.15, 0.2) is 0 Å². The quantitative estimate of drug-likeness (QED) is 0.739. The molecule has 0 spiro atoms. The minimum Gasteiger partial charge on any atom is -0.472 e. The monoisotopic (exact) mass is 196 g/mol. The number of nitrogens with zero attached hydrogens (tertiary/aromatic N) is 2. The SMILES string of the molecule is CCN(C)C(=O)N(C)Cc1ccoc1. The lowest BCUT2D eigenvalue weighted by molar-refractivity contribution is 0.173. The molecule has 0 unspecified atom stereocenters. The Morgan fingerprint density at radius 2 is 2.14 bits per heavy atom. The second kappa shape index (κ2) is 4.69. The average Bonchev–Trinajstić information content (AvgIpc) is 2.68. The van der Waals surface area contributed by atoms with E-state index in [9.17, 15) is 4.79 Å². The predicted molar refractivity (Wildman–Crippen MR) is 53.9 cm³/mol. The van der Waals surface area contributed by atoms with Gasteiger partial charge in [-0.3, -0.25) is 0 Å². The molecule has 0 N–H and O–H groups in total. The van der Waals surface area contributed by atoms with Crippen LogP contribution in [0.4, 0.5) is 4.79 Å². The van der Waals surface area contributed by atoms with Crippen LogP contribution < -0.4 is 0 Å². The van der Waals surface area contributed by atoms with Gasteiger partial charge in [0, 0.05) is 26.2 Å². The van der Waals surface area contributed by atoms with Gasteiger partial charge >= 0.3 is 6.03 Å². The zero-order valence-corrected chi connectivity index (χ0v) is 8.86. The van der Waals surface area contributed by atoms with Crippen molar-refractivity contribution in [2.75, 3.05) is 20.6 Å². The van der Waals surface area contributed by atoms with E-state index in [2.05, 4.69) is 0 Å². The number of hydrogen-bond acceptors (Lipinski definition) is 2. The first kappa shape index (κ1) is 10.6. The summed E-state index contributed by atoms with van der Waals surface area (Å²) in [6, 6.07) is 1.88. The molecule has 0 aliphatic heterocycles. The normalized spacial score (nSPS) is 9.93. The molecule has 0 radical (unpaired) electrons. The Labute approximate surface area is 84.1 Å². The summed E-state index contributed by atoms with van der Waals surface area (Å²) in [7, 11) is 3.57. The highest BCUT2D eigenvalue weighted by Gasteiger charge is 2.12. The van der Waals surface area contributed by atoms with Crippen LogP contribution in [-0.2, 0) is 6.54 Å². The van der Waals surface area contributed by atoms with Crippen LogP contribution in [0.25, 0.3) is 0 Å². The molecule has 1 aromatic heterocycles. The first-order chi connectivity index (χ1) is 6.65. The second-order valence-corrected chi connectivity index (χ2v) is 3.28. The Balaban J connectivity index is 2.50. The van der Waals surface area contributed by atoms with Gasteiger partial charge < -0.3 is 14.2 Å². The highest BCUT2D eigenvalue weighted by Crippen LogP contribution is 2.05. The highest BCUT2D eigenvalue weighted by molar-refractivity contribution is 5.73. The number of hydrogen-bond donors (Lipinski definition) is 0. The molecule has 1 rings (SSSR count). The summed E-state index contributed by atoms with van der Waals surface area (Å²) in [5.41, 5.74) is 1.00. The van der Waals surface area contributed by atoms with Gasteiger partial charge in [-0.25, -0.2) is 4.79 Å². The molecule has 0 aliphatic rings. The van der Waals surface area contributed by atoms with Crippen LogP contribution in [0.3, 0.4) is 0 Å². The van der Waals surface area contributed by atoms with Crippen LogP contribution >= 0.6 is 0 Å². The third-order valence-electron chi connectivity index (χ3n) is 2.13. The molecular weight excluding hydrogens is 180 g/mol. The van der Waals surface area contributed by atoms with Crippen molar-refractivity contribution in [3.8, 4) is 0 Å². The van der Waals surface area contributed by atoms with Crippen LogP contribution in [0.15, 0.2) is 23.0 Å². The molecule has 0 saturated carbocycles. The van der Waals surface area contributed by atoms with Crippen LogP contribution in [0, 0.1) is 0 Å². The molecule has 14 heavy (non-hydrogen) atoms. The maximum Gasteiger partial charge on any atom is 0.319 e. The van der Waals surface area contributed by atoms with Gasteiger partial charge in [-0.05, 0) is 13.0 Å². The standard InChI is InChI=1S/C10H16N2O2/c1-4-11(2)10(13)12(3)7-9-5-6-14-8-9/h5-6,8H,4,7H2,1-3H3. The van der Waals surface area contributed by atoms with Crippen molar-refractivity contribution in [1.82, 2.24) is 9.80 Å². The Morgan fingerprint density at radius 1 is 1.43 bits per heavy atom. The summed E-state index contributed by atoms with van der Waals surface area (Å²) in [5.74, 6) is 0. The fourth-order valence-electron chi connectivity index (χ4n) is 1.15. The fourth-order valence-corrected chi connectivity index (χ4v) is 1.15. The smallest absolute Gasteiger partial charge is 0.319 e. The molecule has 0 atom stereocenters. The first-order valence-electron chi connectivity index (χ1n) is 4.62. The third kappa shape index (κ3) is 2.52. The van der Waals surface area contributed by atoms with Gasteiger partial charge in [0.1, 0.15) is 0 Å². The van der Waals surface area contributed by atoms with Gasteiger partial charge in [0.05, 0.1) is 19.1 Å². The first-order valence-corrected chi connectivity index (χ1v) is 4.62. The van der Waals surface area contributed by atoms with Crippen molar-refractivity contribution in [3.63, 3.8) is 0 Å². The summed E-state index contributed by atoms with van der Waals surface area (Å²) < 4.78 is 4.93. The van der Waals surface area contributed by atoms with E-state index in [0.29, 0.717) is 13.1 Å². The van der Waals surface area contributed by atoms with Gasteiger partial charge in [-0.2, -0.15) is 0 Å². The molecule has 0 aliphatic carbocycles. The zero-order valence-electron chi connectivity index (χ0n) is 8.86. The summed E-state index contributed by atoms with van der Waals surface area (Å²) in [5, 5.41) is 0. The minimum absolute atomic E-state index is 0.0219. The molecule has 4 nitrogen and oxygen atoms in total. The van der Waals surface area contributed by atoms with Crippen LogP contribution in [0.1, 0.15) is 12.5 Å². The van der Waals surface area contributed by atoms with Crippen LogP contribution in [-0.4, -0.2) is 36.5 Å². The van der Waals surface area contributed by atoms with E-state index in [4.69, 9.17) is 4.42 Å². The molecule has 0 saturated heterocycles. The summed E-state index contributed by atoms with van der Waals surface area (Å²) in [6.07, 6.45) is 3.26. The number of carbonyl (C=O) groups is 1. The number of urea groups is 1. The topological polar surface area (TPSA) is 36.7 Å². The van der Waals surface area contributed by atoms with E-state index in [1.54, 1.807) is 36.4 Å². The molecule has 2 amide bonds. The maximum absolute atomic E-state index is 11.6. The van der Waals surface area contributed by atoms with E-state index in [0.717, 1.165) is 5.56 Å². The Kier molecular flexibility index (Phi) is 3.56. The lowest BCUT2D eigenvalue weighted by Gasteiger charge is -2.23. The minimum atomic E-state index is 0.0219. The van der Waals surface area contributed by atoms with Crippen molar-refractivity contribution in [3.05, 3.63) is 24.2 Å². The van der Waals surface area contributed by atoms with Crippen molar-refractivity contribution >= 4 is 6.03 Å². The highest BCUT2D eigenvalue weighted by atomic mass is 16.3. The van der Waals surface area contributed by atoms with Gasteiger partial charge in [0.25, 0.3) is 0 Å². The zero-order chi connectivity index (χ0) is 10.6. The Hall–Kier alpha value is -1.45. The van der Waals surface area contributed by atoms with Gasteiger partial charge in [-0.1, -0.05) is 0 Å². The van der Waals surface area contributed by atoms with E-state index in [1.807, 2.05) is 13.0 Å². The lowest BCUT2D eigenvalue weighted by atomic mass is 10.3. The van der Waals surface area contributed by atoms with Gasteiger partial charge in [-0.15, -0.1) is 0 Å². The van der Waals surface area contributed by atoms with Crippen molar-refractivity contribution in [2.24, 2.45) is 0 Å². The van der Waals surface area contributed by atoms with Crippen LogP contribution in [0.5, 0.6) is 0 Å². The van der Waals surface area contributed by atoms with Crippen molar-refractivity contribution < 1.29 is 9.21 Å². The molecule has 0 fully saturated rings. The van der Waals surface area contributed by atoms with E-state index in [-0.39, 0.29) is 6.03 Å². The van der Waals surface area contributed by atoms with E-state index < -0.39 is 0 Å². The Bertz CT molecular complexity index is 282.